The van der Waals surface area contributed by atoms with Crippen LogP contribution in [0.5, 0.6) is 11.5 Å². The van der Waals surface area contributed by atoms with E-state index in [0.717, 1.165) is 50.4 Å². The highest BCUT2D eigenvalue weighted by molar-refractivity contribution is 7.99. The minimum Gasteiger partial charge on any atom is -0.497 e. The van der Waals surface area contributed by atoms with Gasteiger partial charge in [-0.3, -0.25) is 4.79 Å². The van der Waals surface area contributed by atoms with Crippen molar-refractivity contribution in [3.8, 4) is 45.3 Å². The van der Waals surface area contributed by atoms with E-state index >= 15 is 0 Å². The molecule has 7 nitrogen and oxygen atoms in total. The number of nitrogens with zero attached hydrogens (tertiary/aromatic N) is 2. The monoisotopic (exact) mass is 610 g/mol. The zero-order valence-electron chi connectivity index (χ0n) is 21.5. The summed E-state index contributed by atoms with van der Waals surface area (Å²) in [5.41, 5.74) is 5.19. The Bertz CT molecular complexity index is 1550. The minimum absolute atomic E-state index is 0.125. The number of halogens is 2. The number of carbonyl (C=O) groups is 1. The van der Waals surface area contributed by atoms with Gasteiger partial charge >= 0.3 is 0 Å². The van der Waals surface area contributed by atoms with Crippen LogP contribution in [0.1, 0.15) is 6.42 Å². The zero-order valence-corrected chi connectivity index (χ0v) is 24.7. The summed E-state index contributed by atoms with van der Waals surface area (Å²) in [5, 5.41) is 6.93. The molecule has 11 heteroatoms. The molecular weight excluding hydrogens is 587 g/mol. The Morgan fingerprint density at radius 2 is 1.55 bits per heavy atom. The number of nitrogens with one attached hydrogen (secondary N) is 2. The fourth-order valence-corrected chi connectivity index (χ4v) is 5.73. The number of hydrogen-bond donors (Lipinski definition) is 2. The van der Waals surface area contributed by atoms with E-state index in [0.29, 0.717) is 27.4 Å². The van der Waals surface area contributed by atoms with Gasteiger partial charge in [0.15, 0.2) is 10.3 Å². The van der Waals surface area contributed by atoms with Crippen LogP contribution in [0, 0.1) is 0 Å². The third kappa shape index (κ3) is 6.62. The van der Waals surface area contributed by atoms with E-state index in [-0.39, 0.29) is 5.91 Å². The van der Waals surface area contributed by atoms with Crippen LogP contribution < -0.4 is 14.8 Å². The highest BCUT2D eigenvalue weighted by atomic mass is 35.5. The molecule has 0 saturated carbocycles. The molecule has 1 amide bonds. The van der Waals surface area contributed by atoms with Crippen molar-refractivity contribution in [2.75, 3.05) is 25.3 Å². The summed E-state index contributed by atoms with van der Waals surface area (Å²) >= 11 is 15.0. The largest absolute Gasteiger partial charge is 0.497 e. The number of methoxy groups -OCH3 is 2. The van der Waals surface area contributed by atoms with Crippen LogP contribution in [-0.2, 0) is 4.79 Å². The van der Waals surface area contributed by atoms with Crippen molar-refractivity contribution >= 4 is 57.3 Å². The average molecular weight is 612 g/mol. The number of anilines is 1. The first-order valence-corrected chi connectivity index (χ1v) is 14.8. The van der Waals surface area contributed by atoms with Gasteiger partial charge in [0, 0.05) is 34.2 Å². The van der Waals surface area contributed by atoms with Crippen molar-refractivity contribution in [2.45, 2.75) is 11.6 Å². The van der Waals surface area contributed by atoms with E-state index in [9.17, 15) is 4.79 Å². The molecule has 0 saturated heterocycles. The van der Waals surface area contributed by atoms with Gasteiger partial charge in [-0.2, -0.15) is 0 Å². The summed E-state index contributed by atoms with van der Waals surface area (Å²) < 4.78 is 10.6. The van der Waals surface area contributed by atoms with E-state index < -0.39 is 0 Å². The van der Waals surface area contributed by atoms with E-state index in [2.05, 4.69) is 15.3 Å². The predicted molar refractivity (Wildman–Crippen MR) is 164 cm³/mol. The fraction of sp³-hybridized carbons (Fsp3) is 0.138. The summed E-state index contributed by atoms with van der Waals surface area (Å²) in [6, 6.07) is 20.9. The molecular formula is C29H24Cl2N4O3S2. The van der Waals surface area contributed by atoms with Gasteiger partial charge in [0.1, 0.15) is 11.5 Å². The van der Waals surface area contributed by atoms with E-state index in [4.69, 9.17) is 37.7 Å². The number of rotatable bonds is 10. The van der Waals surface area contributed by atoms with Crippen molar-refractivity contribution in [2.24, 2.45) is 0 Å². The van der Waals surface area contributed by atoms with Crippen LogP contribution in [0.4, 0.5) is 5.13 Å². The molecule has 2 aromatic heterocycles. The van der Waals surface area contributed by atoms with Crippen LogP contribution in [0.3, 0.4) is 0 Å². The Morgan fingerprint density at radius 3 is 2.20 bits per heavy atom. The molecule has 0 bridgehead atoms. The van der Waals surface area contributed by atoms with Gasteiger partial charge < -0.3 is 19.8 Å². The number of benzene rings is 3. The summed E-state index contributed by atoms with van der Waals surface area (Å²) in [6.07, 6.45) is 0.294. The Kier molecular flexibility index (Phi) is 8.96. The first kappa shape index (κ1) is 28.0. The summed E-state index contributed by atoms with van der Waals surface area (Å²) in [4.78, 5) is 25.4. The Labute approximate surface area is 249 Å². The molecule has 0 atom stereocenters. The van der Waals surface area contributed by atoms with E-state index in [1.807, 2.05) is 60.0 Å². The molecule has 0 spiro atoms. The zero-order chi connectivity index (χ0) is 28.1. The van der Waals surface area contributed by atoms with E-state index in [1.54, 1.807) is 26.4 Å². The van der Waals surface area contributed by atoms with Gasteiger partial charge in [-0.05, 0) is 60.7 Å². The molecule has 0 radical (unpaired) electrons. The lowest BCUT2D eigenvalue weighted by molar-refractivity contribution is -0.115. The number of carbonyl (C=O) groups excluding carboxylic acids is 1. The lowest BCUT2D eigenvalue weighted by atomic mass is 10.0. The van der Waals surface area contributed by atoms with Crippen molar-refractivity contribution in [3.05, 3.63) is 82.2 Å². The van der Waals surface area contributed by atoms with Gasteiger partial charge in [0.2, 0.25) is 5.91 Å². The molecule has 40 heavy (non-hydrogen) atoms. The second-order valence-corrected chi connectivity index (χ2v) is 11.3. The van der Waals surface area contributed by atoms with Crippen molar-refractivity contribution in [3.63, 3.8) is 0 Å². The molecule has 0 aliphatic carbocycles. The third-order valence-corrected chi connectivity index (χ3v) is 8.33. The highest BCUT2D eigenvalue weighted by Crippen LogP contribution is 2.35. The molecule has 0 fully saturated rings. The van der Waals surface area contributed by atoms with Crippen LogP contribution in [-0.4, -0.2) is 40.8 Å². The van der Waals surface area contributed by atoms with Crippen LogP contribution in [0.15, 0.2) is 77.3 Å². The topological polar surface area (TPSA) is 89.1 Å². The SMILES string of the molecule is COc1ccc(-c2nc(SCCC(=O)Nc3nc(-c4ccc(Cl)c(Cl)c4)cs3)[nH]c2-c2ccc(OC)cc2)cc1. The number of aromatic amines is 1. The second kappa shape index (κ2) is 12.8. The number of aromatic nitrogens is 3. The molecule has 204 valence electrons. The summed E-state index contributed by atoms with van der Waals surface area (Å²) in [7, 11) is 3.28. The highest BCUT2D eigenvalue weighted by Gasteiger charge is 2.16. The molecule has 0 aliphatic rings. The van der Waals surface area contributed by atoms with Gasteiger partial charge in [0.25, 0.3) is 0 Å². The number of amides is 1. The third-order valence-electron chi connectivity index (χ3n) is 5.96. The van der Waals surface area contributed by atoms with Crippen LogP contribution in [0.25, 0.3) is 33.8 Å². The number of ether oxygens (including phenoxy) is 2. The lowest BCUT2D eigenvalue weighted by Gasteiger charge is -2.06. The lowest BCUT2D eigenvalue weighted by Crippen LogP contribution is -2.12. The summed E-state index contributed by atoms with van der Waals surface area (Å²) in [6.45, 7) is 0. The van der Waals surface area contributed by atoms with Gasteiger partial charge in [0.05, 0.1) is 41.3 Å². The minimum atomic E-state index is -0.125. The van der Waals surface area contributed by atoms with Gasteiger partial charge in [-0.1, -0.05) is 41.0 Å². The number of imidazole rings is 1. The maximum absolute atomic E-state index is 12.6. The molecule has 0 unspecified atom stereocenters. The normalized spacial score (nSPS) is 10.9. The van der Waals surface area contributed by atoms with Gasteiger partial charge in [-0.25, -0.2) is 9.97 Å². The number of H-pyrrole nitrogens is 1. The maximum Gasteiger partial charge on any atom is 0.226 e. The smallest absolute Gasteiger partial charge is 0.226 e. The molecule has 5 rings (SSSR count). The fourth-order valence-electron chi connectivity index (χ4n) is 3.89. The predicted octanol–water partition coefficient (Wildman–Crippen LogP) is 8.31. The molecule has 2 N–H and O–H groups in total. The Morgan fingerprint density at radius 1 is 0.900 bits per heavy atom. The second-order valence-electron chi connectivity index (χ2n) is 8.54. The molecule has 3 aromatic carbocycles. The summed E-state index contributed by atoms with van der Waals surface area (Å²) in [5.74, 6) is 1.96. The van der Waals surface area contributed by atoms with Crippen molar-refractivity contribution < 1.29 is 14.3 Å². The Balaban J connectivity index is 1.25. The first-order chi connectivity index (χ1) is 19.4. The number of thioether (sulfide) groups is 1. The quantitative estimate of drug-likeness (QED) is 0.155. The van der Waals surface area contributed by atoms with Gasteiger partial charge in [-0.15, -0.1) is 11.3 Å². The maximum atomic E-state index is 12.6. The van der Waals surface area contributed by atoms with Crippen LogP contribution >= 0.6 is 46.3 Å². The molecule has 0 aliphatic heterocycles. The van der Waals surface area contributed by atoms with E-state index in [1.165, 1.54) is 23.1 Å². The first-order valence-electron chi connectivity index (χ1n) is 12.2. The van der Waals surface area contributed by atoms with Crippen LogP contribution in [0.2, 0.25) is 10.0 Å². The Hall–Kier alpha value is -3.50. The molecule has 2 heterocycles. The standard InChI is InChI=1S/C29H24Cl2N4O3S2/c1-37-20-8-3-17(4-9-20)26-27(18-5-10-21(38-2)11-6-18)35-29(34-26)39-14-13-25(36)33-28-32-24(16-40-28)19-7-12-22(30)23(31)15-19/h3-12,15-16H,13-14H2,1-2H3,(H,34,35)(H,32,33,36). The average Bonchev–Trinajstić information content (AvgIpc) is 3.62. The number of thiazole rings is 1. The number of hydrogen-bond acceptors (Lipinski definition) is 7. The molecule has 5 aromatic rings. The van der Waals surface area contributed by atoms with Crippen molar-refractivity contribution in [1.29, 1.82) is 0 Å². The van der Waals surface area contributed by atoms with Crippen molar-refractivity contribution in [1.82, 2.24) is 15.0 Å².